The van der Waals surface area contributed by atoms with Crippen molar-refractivity contribution >= 4 is 11.5 Å². The summed E-state index contributed by atoms with van der Waals surface area (Å²) in [5.41, 5.74) is 6.58. The molecule has 3 nitrogen and oxygen atoms in total. The van der Waals surface area contributed by atoms with Crippen LogP contribution < -0.4 is 11.1 Å². The van der Waals surface area contributed by atoms with Crippen molar-refractivity contribution < 1.29 is 0 Å². The monoisotopic (exact) mass is 207 g/mol. The van der Waals surface area contributed by atoms with E-state index in [1.165, 1.54) is 12.8 Å². The van der Waals surface area contributed by atoms with Gasteiger partial charge in [0.25, 0.3) is 0 Å². The fraction of sp³-hybridized carbons (Fsp3) is 0.583. The number of hydrogen-bond acceptors (Lipinski definition) is 3. The van der Waals surface area contributed by atoms with Crippen LogP contribution in [0, 0.1) is 5.92 Å². The summed E-state index contributed by atoms with van der Waals surface area (Å²) in [5.74, 6) is 1.28. The summed E-state index contributed by atoms with van der Waals surface area (Å²) < 4.78 is 0. The van der Waals surface area contributed by atoms with Crippen molar-refractivity contribution in [3.8, 4) is 0 Å². The summed E-state index contributed by atoms with van der Waals surface area (Å²) >= 11 is 0. The Hall–Kier alpha value is -1.25. The van der Waals surface area contributed by atoms with Gasteiger partial charge in [-0.2, -0.15) is 0 Å². The van der Waals surface area contributed by atoms with E-state index in [-0.39, 0.29) is 0 Å². The van der Waals surface area contributed by atoms with Crippen LogP contribution in [0.1, 0.15) is 33.6 Å². The molecule has 1 rings (SSSR count). The molecule has 84 valence electrons. The molecule has 1 atom stereocenters. The molecule has 1 heterocycles. The maximum absolute atomic E-state index is 5.53. The maximum atomic E-state index is 5.53. The Kier molecular flexibility index (Phi) is 4.40. The van der Waals surface area contributed by atoms with Crippen molar-refractivity contribution in [2.75, 3.05) is 11.1 Å². The van der Waals surface area contributed by atoms with E-state index >= 15 is 0 Å². The Morgan fingerprint density at radius 2 is 2.00 bits per heavy atom. The molecular weight excluding hydrogens is 186 g/mol. The van der Waals surface area contributed by atoms with Crippen LogP contribution in [0.2, 0.25) is 0 Å². The van der Waals surface area contributed by atoms with Crippen molar-refractivity contribution in [3.63, 3.8) is 0 Å². The van der Waals surface area contributed by atoms with Crippen LogP contribution >= 0.6 is 0 Å². The third-order valence-corrected chi connectivity index (χ3v) is 2.94. The first-order valence-corrected chi connectivity index (χ1v) is 5.65. The minimum Gasteiger partial charge on any atom is -0.384 e. The van der Waals surface area contributed by atoms with E-state index in [0.717, 1.165) is 5.69 Å². The highest BCUT2D eigenvalue weighted by atomic mass is 14.9. The van der Waals surface area contributed by atoms with Crippen LogP contribution in [0.4, 0.5) is 11.5 Å². The molecule has 3 heteroatoms. The van der Waals surface area contributed by atoms with E-state index in [0.29, 0.717) is 17.8 Å². The molecule has 0 saturated heterocycles. The summed E-state index contributed by atoms with van der Waals surface area (Å²) in [6.07, 6.45) is 4.19. The van der Waals surface area contributed by atoms with Crippen LogP contribution in [0.3, 0.4) is 0 Å². The number of nitrogens with one attached hydrogen (secondary N) is 1. The smallest absolute Gasteiger partial charge is 0.123 e. The first-order valence-electron chi connectivity index (χ1n) is 5.65. The van der Waals surface area contributed by atoms with E-state index in [4.69, 9.17) is 5.73 Å². The number of nitrogens with zero attached hydrogens (tertiary/aromatic N) is 1. The van der Waals surface area contributed by atoms with Gasteiger partial charge in [-0.3, -0.25) is 0 Å². The molecule has 1 aromatic heterocycles. The van der Waals surface area contributed by atoms with E-state index in [2.05, 4.69) is 31.1 Å². The van der Waals surface area contributed by atoms with Gasteiger partial charge in [0, 0.05) is 6.04 Å². The number of pyridine rings is 1. The molecular formula is C12H21N3. The van der Waals surface area contributed by atoms with Gasteiger partial charge in [-0.25, -0.2) is 4.98 Å². The van der Waals surface area contributed by atoms with Crippen molar-refractivity contribution in [1.29, 1.82) is 0 Å². The molecule has 0 aromatic carbocycles. The average molecular weight is 207 g/mol. The minimum absolute atomic E-state index is 0.477. The first-order chi connectivity index (χ1) is 7.17. The highest BCUT2D eigenvalue weighted by molar-refractivity contribution is 5.45. The van der Waals surface area contributed by atoms with Crippen LogP contribution in [-0.2, 0) is 0 Å². The van der Waals surface area contributed by atoms with Crippen molar-refractivity contribution in [1.82, 2.24) is 4.98 Å². The largest absolute Gasteiger partial charge is 0.384 e. The molecule has 0 bridgehead atoms. The minimum atomic E-state index is 0.477. The molecule has 15 heavy (non-hydrogen) atoms. The fourth-order valence-electron chi connectivity index (χ4n) is 1.87. The highest BCUT2D eigenvalue weighted by Gasteiger charge is 2.12. The molecule has 0 saturated carbocycles. The van der Waals surface area contributed by atoms with Crippen LogP contribution in [0.15, 0.2) is 18.3 Å². The van der Waals surface area contributed by atoms with Crippen molar-refractivity contribution in [2.45, 2.75) is 39.7 Å². The summed E-state index contributed by atoms with van der Waals surface area (Å²) in [4.78, 5) is 4.06. The summed E-state index contributed by atoms with van der Waals surface area (Å²) in [6.45, 7) is 6.68. The number of nitrogen functional groups attached to an aromatic ring is 1. The Morgan fingerprint density at radius 1 is 1.33 bits per heavy atom. The Labute approximate surface area is 92.1 Å². The number of hydrogen-bond donors (Lipinski definition) is 2. The molecule has 0 radical (unpaired) electrons. The molecule has 0 spiro atoms. The third kappa shape index (κ3) is 3.42. The zero-order valence-corrected chi connectivity index (χ0v) is 9.83. The lowest BCUT2D eigenvalue weighted by Gasteiger charge is -2.23. The molecule has 3 N–H and O–H groups in total. The third-order valence-electron chi connectivity index (χ3n) is 2.94. The summed E-state index contributed by atoms with van der Waals surface area (Å²) in [5, 5.41) is 3.45. The zero-order chi connectivity index (χ0) is 11.3. The predicted octanol–water partition coefficient (Wildman–Crippen LogP) is 2.90. The van der Waals surface area contributed by atoms with E-state index in [1.54, 1.807) is 6.20 Å². The maximum Gasteiger partial charge on any atom is 0.123 e. The standard InChI is InChI=1S/C12H21N3/c1-4-10(5-2)9(3)15-11-6-7-12(13)14-8-11/h6-10,15H,4-5H2,1-3H3,(H2,13,14). The summed E-state index contributed by atoms with van der Waals surface area (Å²) in [6, 6.07) is 4.27. The molecule has 0 aliphatic heterocycles. The first kappa shape index (κ1) is 11.8. The number of aromatic nitrogens is 1. The summed E-state index contributed by atoms with van der Waals surface area (Å²) in [7, 11) is 0. The normalized spacial score (nSPS) is 12.8. The molecule has 1 aromatic rings. The second-order valence-electron chi connectivity index (χ2n) is 3.98. The van der Waals surface area contributed by atoms with Gasteiger partial charge in [0.2, 0.25) is 0 Å². The molecule has 0 aliphatic carbocycles. The highest BCUT2D eigenvalue weighted by Crippen LogP contribution is 2.17. The van der Waals surface area contributed by atoms with Crippen molar-refractivity contribution in [2.24, 2.45) is 5.92 Å². The molecule has 0 aliphatic rings. The number of rotatable bonds is 5. The second-order valence-corrected chi connectivity index (χ2v) is 3.98. The Bertz CT molecular complexity index is 277. The lowest BCUT2D eigenvalue weighted by Crippen LogP contribution is -2.25. The van der Waals surface area contributed by atoms with Gasteiger partial charge < -0.3 is 11.1 Å². The lowest BCUT2D eigenvalue weighted by atomic mass is 9.95. The van der Waals surface area contributed by atoms with Gasteiger partial charge in [-0.15, -0.1) is 0 Å². The van der Waals surface area contributed by atoms with Gasteiger partial charge in [-0.1, -0.05) is 26.7 Å². The number of nitrogens with two attached hydrogens (primary N) is 1. The van der Waals surface area contributed by atoms with E-state index in [9.17, 15) is 0 Å². The lowest BCUT2D eigenvalue weighted by molar-refractivity contribution is 0.438. The number of anilines is 2. The predicted molar refractivity (Wildman–Crippen MR) is 65.8 cm³/mol. The quantitative estimate of drug-likeness (QED) is 0.780. The Morgan fingerprint density at radius 3 is 2.47 bits per heavy atom. The Balaban J connectivity index is 2.57. The van der Waals surface area contributed by atoms with E-state index < -0.39 is 0 Å². The van der Waals surface area contributed by atoms with Crippen LogP contribution in [-0.4, -0.2) is 11.0 Å². The molecule has 0 fully saturated rings. The van der Waals surface area contributed by atoms with Crippen LogP contribution in [0.25, 0.3) is 0 Å². The fourth-order valence-corrected chi connectivity index (χ4v) is 1.87. The SMILES string of the molecule is CCC(CC)C(C)Nc1ccc(N)nc1. The van der Waals surface area contributed by atoms with Gasteiger partial charge in [0.1, 0.15) is 5.82 Å². The zero-order valence-electron chi connectivity index (χ0n) is 9.83. The van der Waals surface area contributed by atoms with Gasteiger partial charge in [0.05, 0.1) is 11.9 Å². The van der Waals surface area contributed by atoms with Gasteiger partial charge in [0.15, 0.2) is 0 Å². The molecule has 0 amide bonds. The molecule has 1 unspecified atom stereocenters. The van der Waals surface area contributed by atoms with Gasteiger partial charge >= 0.3 is 0 Å². The van der Waals surface area contributed by atoms with Gasteiger partial charge in [-0.05, 0) is 25.0 Å². The van der Waals surface area contributed by atoms with E-state index in [1.807, 2.05) is 12.1 Å². The average Bonchev–Trinajstić information content (AvgIpc) is 2.23. The topological polar surface area (TPSA) is 50.9 Å². The second kappa shape index (κ2) is 5.59. The van der Waals surface area contributed by atoms with Crippen molar-refractivity contribution in [3.05, 3.63) is 18.3 Å². The van der Waals surface area contributed by atoms with Crippen LogP contribution in [0.5, 0.6) is 0 Å².